The zero-order valence-corrected chi connectivity index (χ0v) is 22.3. The summed E-state index contributed by atoms with van der Waals surface area (Å²) in [5, 5.41) is 0. The minimum Gasteiger partial charge on any atom is -0.490 e. The average Bonchev–Trinajstić information content (AvgIpc) is 3.24. The number of fused-ring (bicyclic) bond motifs is 1. The molecule has 10 heteroatoms. The molecule has 36 heavy (non-hydrogen) atoms. The van der Waals surface area contributed by atoms with E-state index in [1.165, 1.54) is 24.4 Å². The number of sulfonamides is 1. The maximum atomic E-state index is 12.8. The third-order valence-electron chi connectivity index (χ3n) is 6.38. The number of carbonyl (C=O) groups is 1. The third-order valence-corrected chi connectivity index (χ3v) is 7.82. The molecule has 0 saturated carbocycles. The second-order valence-electron chi connectivity index (χ2n) is 10.5. The van der Waals surface area contributed by atoms with Crippen LogP contribution in [-0.2, 0) is 34.4 Å². The number of hydrogen-bond donors (Lipinski definition) is 1. The molecule has 1 aromatic heterocycles. The lowest BCUT2D eigenvalue weighted by Crippen LogP contribution is -2.44. The van der Waals surface area contributed by atoms with Gasteiger partial charge >= 0.3 is 6.09 Å². The van der Waals surface area contributed by atoms with Crippen LogP contribution in [0.2, 0.25) is 0 Å². The molecule has 1 fully saturated rings. The number of ether oxygens (including phenoxy) is 2. The molecule has 1 aromatic carbocycles. The summed E-state index contributed by atoms with van der Waals surface area (Å²) < 4.78 is 39.5. The maximum absolute atomic E-state index is 12.8. The second kappa shape index (κ2) is 10.7. The summed E-state index contributed by atoms with van der Waals surface area (Å²) in [6, 6.07) is 9.89. The average molecular weight is 517 g/mol. The van der Waals surface area contributed by atoms with Gasteiger partial charge in [0.25, 0.3) is 0 Å². The number of rotatable bonds is 7. The van der Waals surface area contributed by atoms with Crippen molar-refractivity contribution in [3.05, 3.63) is 53.3 Å². The Morgan fingerprint density at radius 1 is 1.19 bits per heavy atom. The molecule has 1 amide bonds. The van der Waals surface area contributed by atoms with Gasteiger partial charge in [-0.25, -0.2) is 17.9 Å². The lowest BCUT2D eigenvalue weighted by Gasteiger charge is -2.34. The summed E-state index contributed by atoms with van der Waals surface area (Å²) in [6.45, 7) is 9.11. The lowest BCUT2D eigenvalue weighted by atomic mass is 9.99. The van der Waals surface area contributed by atoms with E-state index >= 15 is 0 Å². The predicted octanol–water partition coefficient (Wildman–Crippen LogP) is 3.53. The van der Waals surface area contributed by atoms with E-state index in [2.05, 4.69) is 26.7 Å². The van der Waals surface area contributed by atoms with Gasteiger partial charge in [0.15, 0.2) is 5.75 Å². The minimum absolute atomic E-state index is 0.0687. The number of nitrogens with zero attached hydrogens (tertiary/aromatic N) is 3. The molecule has 1 saturated heterocycles. The minimum atomic E-state index is -3.75. The Labute approximate surface area is 213 Å². The first kappa shape index (κ1) is 26.4. The molecule has 9 nitrogen and oxygen atoms in total. The van der Waals surface area contributed by atoms with Gasteiger partial charge in [-0.2, -0.15) is 0 Å². The number of hydrogen-bond acceptors (Lipinski definition) is 7. The SMILES string of the molecule is CNS(=O)(=O)c1cc(CN2Cc3ccccc3C2)ncc1OCC1CCCN(C(=O)OC(C)(C)C)C1. The second-order valence-corrected chi connectivity index (χ2v) is 12.3. The van der Waals surface area contributed by atoms with Crippen LogP contribution in [0.15, 0.2) is 41.4 Å². The molecule has 0 aliphatic carbocycles. The van der Waals surface area contributed by atoms with Gasteiger partial charge in [0.2, 0.25) is 10.0 Å². The van der Waals surface area contributed by atoms with E-state index < -0.39 is 15.6 Å². The first-order valence-electron chi connectivity index (χ1n) is 12.4. The van der Waals surface area contributed by atoms with Crippen LogP contribution in [0.3, 0.4) is 0 Å². The molecular formula is C26H36N4O5S. The summed E-state index contributed by atoms with van der Waals surface area (Å²) in [6.07, 6.45) is 2.89. The summed E-state index contributed by atoms with van der Waals surface area (Å²) in [4.78, 5) is 21.0. The highest BCUT2D eigenvalue weighted by atomic mass is 32.2. The fraction of sp³-hybridized carbons (Fsp3) is 0.538. The van der Waals surface area contributed by atoms with E-state index in [-0.39, 0.29) is 29.3 Å². The Balaban J connectivity index is 1.43. The van der Waals surface area contributed by atoms with E-state index in [1.807, 2.05) is 32.9 Å². The topological polar surface area (TPSA) is 101 Å². The molecule has 4 rings (SSSR count). The van der Waals surface area contributed by atoms with Crippen molar-refractivity contribution in [3.8, 4) is 5.75 Å². The van der Waals surface area contributed by atoms with Gasteiger partial charge < -0.3 is 14.4 Å². The van der Waals surface area contributed by atoms with Crippen molar-refractivity contribution >= 4 is 16.1 Å². The molecular weight excluding hydrogens is 480 g/mol. The highest BCUT2D eigenvalue weighted by molar-refractivity contribution is 7.89. The van der Waals surface area contributed by atoms with Crippen molar-refractivity contribution in [2.75, 3.05) is 26.7 Å². The standard InChI is InChI=1S/C26H36N4O5S/c1-26(2,3)35-25(31)30-11-7-8-19(14-30)18-34-23-13-28-22(12-24(23)36(32,33)27-4)17-29-15-20-9-5-6-10-21(20)16-29/h5-6,9-10,12-13,19,27H,7-8,11,14-18H2,1-4H3. The Kier molecular flexibility index (Phi) is 7.87. The van der Waals surface area contributed by atoms with Crippen LogP contribution in [0.5, 0.6) is 5.75 Å². The highest BCUT2D eigenvalue weighted by Gasteiger charge is 2.29. The van der Waals surface area contributed by atoms with Crippen molar-refractivity contribution in [2.24, 2.45) is 5.92 Å². The van der Waals surface area contributed by atoms with E-state index in [4.69, 9.17) is 9.47 Å². The Hall–Kier alpha value is -2.69. The number of carbonyl (C=O) groups excluding carboxylic acids is 1. The van der Waals surface area contributed by atoms with Crippen LogP contribution in [0.4, 0.5) is 4.79 Å². The van der Waals surface area contributed by atoms with Gasteiger partial charge in [-0.1, -0.05) is 24.3 Å². The summed E-state index contributed by atoms with van der Waals surface area (Å²) in [5.74, 6) is 0.284. The van der Waals surface area contributed by atoms with Crippen molar-refractivity contribution in [1.82, 2.24) is 19.5 Å². The Morgan fingerprint density at radius 3 is 2.53 bits per heavy atom. The lowest BCUT2D eigenvalue weighted by molar-refractivity contribution is 0.0138. The largest absolute Gasteiger partial charge is 0.490 e. The number of pyridine rings is 1. The number of benzene rings is 1. The first-order chi connectivity index (χ1) is 17.0. The molecule has 0 radical (unpaired) electrons. The van der Waals surface area contributed by atoms with Gasteiger partial charge in [-0.15, -0.1) is 0 Å². The fourth-order valence-electron chi connectivity index (χ4n) is 4.63. The Bertz CT molecular complexity index is 1170. The van der Waals surface area contributed by atoms with Crippen LogP contribution in [0, 0.1) is 5.92 Å². The van der Waals surface area contributed by atoms with E-state index in [9.17, 15) is 13.2 Å². The van der Waals surface area contributed by atoms with Crippen LogP contribution >= 0.6 is 0 Å². The monoisotopic (exact) mass is 516 g/mol. The van der Waals surface area contributed by atoms with Gasteiger partial charge in [0.05, 0.1) is 18.5 Å². The van der Waals surface area contributed by atoms with E-state index in [0.29, 0.717) is 25.3 Å². The van der Waals surface area contributed by atoms with Crippen molar-refractivity contribution in [2.45, 2.75) is 63.7 Å². The molecule has 196 valence electrons. The van der Waals surface area contributed by atoms with Gasteiger partial charge in [-0.05, 0) is 57.9 Å². The number of aromatic nitrogens is 1. The molecule has 1 unspecified atom stereocenters. The molecule has 0 spiro atoms. The Morgan fingerprint density at radius 2 is 1.89 bits per heavy atom. The summed E-state index contributed by atoms with van der Waals surface area (Å²) >= 11 is 0. The quantitative estimate of drug-likeness (QED) is 0.601. The van der Waals surface area contributed by atoms with Gasteiger partial charge in [0.1, 0.15) is 10.5 Å². The summed E-state index contributed by atoms with van der Waals surface area (Å²) in [7, 11) is -2.37. The molecule has 1 atom stereocenters. The molecule has 2 aliphatic rings. The summed E-state index contributed by atoms with van der Waals surface area (Å²) in [5.41, 5.74) is 2.68. The van der Waals surface area contributed by atoms with Crippen LogP contribution in [0.1, 0.15) is 50.4 Å². The molecule has 0 bridgehead atoms. The zero-order chi connectivity index (χ0) is 25.9. The number of likely N-dealkylation sites (tertiary alicyclic amines) is 1. The number of amides is 1. The zero-order valence-electron chi connectivity index (χ0n) is 21.5. The fourth-order valence-corrected chi connectivity index (χ4v) is 5.51. The van der Waals surface area contributed by atoms with Crippen LogP contribution in [0.25, 0.3) is 0 Å². The molecule has 2 aliphatic heterocycles. The van der Waals surface area contributed by atoms with Crippen molar-refractivity contribution in [1.29, 1.82) is 0 Å². The van der Waals surface area contributed by atoms with E-state index in [1.54, 1.807) is 11.0 Å². The number of piperidine rings is 1. The van der Waals surface area contributed by atoms with E-state index in [0.717, 1.165) is 25.9 Å². The molecule has 2 aromatic rings. The first-order valence-corrected chi connectivity index (χ1v) is 13.8. The van der Waals surface area contributed by atoms with Gasteiger partial charge in [0, 0.05) is 38.6 Å². The van der Waals surface area contributed by atoms with Crippen molar-refractivity contribution < 1.29 is 22.7 Å². The normalized spacial score (nSPS) is 18.7. The molecule has 1 N–H and O–H groups in total. The molecule has 3 heterocycles. The van der Waals surface area contributed by atoms with Crippen LogP contribution in [-0.4, -0.2) is 61.6 Å². The van der Waals surface area contributed by atoms with Gasteiger partial charge in [-0.3, -0.25) is 9.88 Å². The smallest absolute Gasteiger partial charge is 0.410 e. The number of nitrogens with one attached hydrogen (secondary N) is 1. The van der Waals surface area contributed by atoms with Crippen molar-refractivity contribution in [3.63, 3.8) is 0 Å². The third kappa shape index (κ3) is 6.54. The predicted molar refractivity (Wildman–Crippen MR) is 136 cm³/mol. The van der Waals surface area contributed by atoms with Crippen LogP contribution < -0.4 is 9.46 Å². The maximum Gasteiger partial charge on any atom is 0.410 e. The highest BCUT2D eigenvalue weighted by Crippen LogP contribution is 2.28.